The number of rotatable bonds is 4. The van der Waals surface area contributed by atoms with Gasteiger partial charge in [0, 0.05) is 18.9 Å². The van der Waals surface area contributed by atoms with E-state index in [0.717, 1.165) is 13.0 Å². The highest BCUT2D eigenvalue weighted by Gasteiger charge is 1.97. The Labute approximate surface area is 78.4 Å². The fraction of sp³-hybridized carbons (Fsp3) is 0.400. The lowest BCUT2D eigenvalue weighted by Crippen LogP contribution is -2.26. The van der Waals surface area contributed by atoms with Crippen LogP contribution in [0.15, 0.2) is 24.5 Å². The summed E-state index contributed by atoms with van der Waals surface area (Å²) < 4.78 is 0. The zero-order valence-electron chi connectivity index (χ0n) is 7.70. The highest BCUT2D eigenvalue weighted by molar-refractivity contribution is 5.08. The van der Waals surface area contributed by atoms with Gasteiger partial charge in [0.05, 0.1) is 12.1 Å². The molecule has 0 aliphatic rings. The van der Waals surface area contributed by atoms with Gasteiger partial charge >= 0.3 is 0 Å². The van der Waals surface area contributed by atoms with Crippen LogP contribution in [0.3, 0.4) is 0 Å². The molecule has 0 radical (unpaired) electrons. The molecule has 0 spiro atoms. The molecule has 0 saturated heterocycles. The first-order chi connectivity index (χ1) is 6.33. The van der Waals surface area contributed by atoms with E-state index in [1.54, 1.807) is 6.20 Å². The third kappa shape index (κ3) is 3.68. The lowest BCUT2D eigenvalue weighted by molar-refractivity contribution is 0.640. The molecule has 0 aliphatic carbocycles. The molecular weight excluding hydrogens is 162 g/mol. The van der Waals surface area contributed by atoms with E-state index in [9.17, 15) is 0 Å². The molecule has 0 saturated carbocycles. The van der Waals surface area contributed by atoms with Crippen LogP contribution in [-0.2, 0) is 6.42 Å². The first-order valence-electron chi connectivity index (χ1n) is 4.35. The summed E-state index contributed by atoms with van der Waals surface area (Å²) in [5.74, 6) is 0. The smallest absolute Gasteiger partial charge is 0.0924 e. The van der Waals surface area contributed by atoms with Crippen LogP contribution in [-0.4, -0.2) is 17.6 Å². The Kier molecular flexibility index (Phi) is 3.94. The molecule has 1 aromatic rings. The number of nitriles is 1. The summed E-state index contributed by atoms with van der Waals surface area (Å²) in [4.78, 5) is 4.01. The number of nitrogens with zero attached hydrogens (tertiary/aromatic N) is 2. The molecule has 1 unspecified atom stereocenters. The van der Waals surface area contributed by atoms with Crippen LogP contribution in [0.1, 0.15) is 12.5 Å². The molecule has 1 atom stereocenters. The Morgan fingerprint density at radius 3 is 3.15 bits per heavy atom. The highest BCUT2D eigenvalue weighted by atomic mass is 14.9. The molecule has 1 aromatic heterocycles. The summed E-state index contributed by atoms with van der Waals surface area (Å²) in [5.41, 5.74) is 1.19. The van der Waals surface area contributed by atoms with Crippen LogP contribution in [0.25, 0.3) is 0 Å². The van der Waals surface area contributed by atoms with E-state index in [0.29, 0.717) is 0 Å². The van der Waals surface area contributed by atoms with Gasteiger partial charge in [-0.3, -0.25) is 4.98 Å². The molecule has 0 fully saturated rings. The predicted octanol–water partition coefficient (Wildman–Crippen LogP) is 1.13. The third-order valence-corrected chi connectivity index (χ3v) is 1.78. The van der Waals surface area contributed by atoms with E-state index < -0.39 is 0 Å². The molecule has 0 bridgehead atoms. The molecule has 3 heteroatoms. The van der Waals surface area contributed by atoms with Gasteiger partial charge in [0.15, 0.2) is 0 Å². The van der Waals surface area contributed by atoms with Crippen LogP contribution < -0.4 is 5.32 Å². The van der Waals surface area contributed by atoms with E-state index in [2.05, 4.69) is 16.4 Å². The molecule has 1 rings (SSSR count). The minimum Gasteiger partial charge on any atom is -0.302 e. The van der Waals surface area contributed by atoms with Crippen molar-refractivity contribution < 1.29 is 0 Å². The summed E-state index contributed by atoms with van der Waals surface area (Å²) in [6.45, 7) is 2.67. The SMILES string of the molecule is CC(C#N)NCCc1cccnc1. The lowest BCUT2D eigenvalue weighted by atomic mass is 10.2. The van der Waals surface area contributed by atoms with Crippen molar-refractivity contribution in [3.05, 3.63) is 30.1 Å². The van der Waals surface area contributed by atoms with Gasteiger partial charge in [0.25, 0.3) is 0 Å². The molecule has 1 heterocycles. The summed E-state index contributed by atoms with van der Waals surface area (Å²) in [6.07, 6.45) is 4.52. The molecule has 68 valence electrons. The standard InChI is InChI=1S/C10H13N3/c1-9(7-11)13-6-4-10-3-2-5-12-8-10/h2-3,5,8-9,13H,4,6H2,1H3. The maximum Gasteiger partial charge on any atom is 0.0924 e. The molecular formula is C10H13N3. The minimum atomic E-state index is -0.0725. The molecule has 3 nitrogen and oxygen atoms in total. The Morgan fingerprint density at radius 2 is 2.54 bits per heavy atom. The van der Waals surface area contributed by atoms with Gasteiger partial charge in [0.2, 0.25) is 0 Å². The quantitative estimate of drug-likeness (QED) is 0.746. The zero-order valence-corrected chi connectivity index (χ0v) is 7.70. The summed E-state index contributed by atoms with van der Waals surface area (Å²) in [7, 11) is 0. The van der Waals surface area contributed by atoms with Gasteiger partial charge in [-0.2, -0.15) is 5.26 Å². The first kappa shape index (κ1) is 9.69. The predicted molar refractivity (Wildman–Crippen MR) is 51.0 cm³/mol. The average Bonchev–Trinajstić information content (AvgIpc) is 2.19. The monoisotopic (exact) mass is 175 g/mol. The minimum absolute atomic E-state index is 0.0725. The summed E-state index contributed by atoms with van der Waals surface area (Å²) in [5, 5.41) is 11.6. The van der Waals surface area contributed by atoms with Crippen molar-refractivity contribution in [1.82, 2.24) is 10.3 Å². The van der Waals surface area contributed by atoms with Crippen molar-refractivity contribution in [3.63, 3.8) is 0 Å². The Bertz CT molecular complexity index is 276. The highest BCUT2D eigenvalue weighted by Crippen LogP contribution is 1.95. The van der Waals surface area contributed by atoms with Crippen LogP contribution in [0.5, 0.6) is 0 Å². The van der Waals surface area contributed by atoms with Gasteiger partial charge in [-0.15, -0.1) is 0 Å². The number of hydrogen-bond donors (Lipinski definition) is 1. The van der Waals surface area contributed by atoms with Crippen molar-refractivity contribution in [1.29, 1.82) is 5.26 Å². The average molecular weight is 175 g/mol. The third-order valence-electron chi connectivity index (χ3n) is 1.78. The number of hydrogen-bond acceptors (Lipinski definition) is 3. The number of nitrogens with one attached hydrogen (secondary N) is 1. The number of pyridine rings is 1. The second kappa shape index (κ2) is 5.28. The van der Waals surface area contributed by atoms with Crippen molar-refractivity contribution in [3.8, 4) is 6.07 Å². The molecule has 13 heavy (non-hydrogen) atoms. The van der Waals surface area contributed by atoms with Gasteiger partial charge < -0.3 is 5.32 Å². The van der Waals surface area contributed by atoms with E-state index >= 15 is 0 Å². The van der Waals surface area contributed by atoms with E-state index in [1.807, 2.05) is 25.3 Å². The second-order valence-electron chi connectivity index (χ2n) is 2.92. The van der Waals surface area contributed by atoms with Crippen LogP contribution in [0.2, 0.25) is 0 Å². The maximum atomic E-state index is 8.51. The normalized spacial score (nSPS) is 12.0. The zero-order chi connectivity index (χ0) is 9.52. The fourth-order valence-corrected chi connectivity index (χ4v) is 1.02. The van der Waals surface area contributed by atoms with Gasteiger partial charge in [0.1, 0.15) is 0 Å². The Morgan fingerprint density at radius 1 is 1.69 bits per heavy atom. The maximum absolute atomic E-state index is 8.51. The summed E-state index contributed by atoms with van der Waals surface area (Å²) in [6, 6.07) is 6.01. The second-order valence-corrected chi connectivity index (χ2v) is 2.92. The van der Waals surface area contributed by atoms with E-state index in [1.165, 1.54) is 5.56 Å². The van der Waals surface area contributed by atoms with E-state index in [-0.39, 0.29) is 6.04 Å². The molecule has 0 aromatic carbocycles. The largest absolute Gasteiger partial charge is 0.302 e. The van der Waals surface area contributed by atoms with Crippen molar-refractivity contribution in [2.24, 2.45) is 0 Å². The van der Waals surface area contributed by atoms with E-state index in [4.69, 9.17) is 5.26 Å². The molecule has 1 N–H and O–H groups in total. The first-order valence-corrected chi connectivity index (χ1v) is 4.35. The Balaban J connectivity index is 2.25. The number of aromatic nitrogens is 1. The molecule has 0 aliphatic heterocycles. The van der Waals surface area contributed by atoms with Crippen LogP contribution in [0.4, 0.5) is 0 Å². The van der Waals surface area contributed by atoms with Crippen LogP contribution in [0, 0.1) is 11.3 Å². The van der Waals surface area contributed by atoms with Gasteiger partial charge in [-0.25, -0.2) is 0 Å². The van der Waals surface area contributed by atoms with Gasteiger partial charge in [-0.1, -0.05) is 6.07 Å². The lowest BCUT2D eigenvalue weighted by Gasteiger charge is -2.04. The van der Waals surface area contributed by atoms with Crippen LogP contribution >= 0.6 is 0 Å². The molecule has 0 amide bonds. The van der Waals surface area contributed by atoms with Crippen molar-refractivity contribution in [2.75, 3.05) is 6.54 Å². The Hall–Kier alpha value is -1.40. The fourth-order valence-electron chi connectivity index (χ4n) is 1.02. The van der Waals surface area contributed by atoms with Gasteiger partial charge in [-0.05, 0) is 25.0 Å². The van der Waals surface area contributed by atoms with Crippen molar-refractivity contribution >= 4 is 0 Å². The topological polar surface area (TPSA) is 48.7 Å². The summed E-state index contributed by atoms with van der Waals surface area (Å²) >= 11 is 0. The van der Waals surface area contributed by atoms with Crippen molar-refractivity contribution in [2.45, 2.75) is 19.4 Å².